The number of carbonyl (C=O) groups excluding carboxylic acids is 1. The molecule has 0 saturated carbocycles. The van der Waals surface area contributed by atoms with Crippen LogP contribution in [0.4, 0.5) is 0 Å². The zero-order chi connectivity index (χ0) is 17.1. The summed E-state index contributed by atoms with van der Waals surface area (Å²) < 4.78 is 5.11. The third kappa shape index (κ3) is 3.80. The molecule has 3 rings (SSSR count). The molecule has 1 aliphatic rings. The van der Waals surface area contributed by atoms with Crippen LogP contribution in [0.25, 0.3) is 0 Å². The molecule has 2 heterocycles. The van der Waals surface area contributed by atoms with E-state index in [-0.39, 0.29) is 5.91 Å². The monoisotopic (exact) mass is 345 g/mol. The lowest BCUT2D eigenvalue weighted by atomic mass is 10.0. The molecule has 1 atom stereocenters. The van der Waals surface area contributed by atoms with E-state index in [1.165, 1.54) is 0 Å². The van der Waals surface area contributed by atoms with E-state index in [1.54, 1.807) is 18.7 Å². The predicted molar refractivity (Wildman–Crippen MR) is 93.9 cm³/mol. The van der Waals surface area contributed by atoms with E-state index in [9.17, 15) is 4.79 Å². The van der Waals surface area contributed by atoms with E-state index in [1.807, 2.05) is 29.2 Å². The van der Waals surface area contributed by atoms with Gasteiger partial charge in [0.2, 0.25) is 5.89 Å². The second-order valence-electron chi connectivity index (χ2n) is 6.50. The van der Waals surface area contributed by atoms with E-state index in [2.05, 4.69) is 24.0 Å². The molecule has 1 aromatic carbocycles. The van der Waals surface area contributed by atoms with Crippen molar-refractivity contribution in [2.75, 3.05) is 6.54 Å². The van der Waals surface area contributed by atoms with Crippen LogP contribution in [-0.2, 0) is 5.75 Å². The Labute approximate surface area is 146 Å². The molecular weight excluding hydrogens is 322 g/mol. The summed E-state index contributed by atoms with van der Waals surface area (Å²) in [5, 5.41) is 3.78. The summed E-state index contributed by atoms with van der Waals surface area (Å²) in [6.07, 6.45) is 2.22. The zero-order valence-electron chi connectivity index (χ0n) is 14.4. The molecule has 1 aromatic heterocycles. The molecule has 1 fully saturated rings. The highest BCUT2D eigenvalue weighted by atomic mass is 32.2. The standard InChI is InChI=1S/C18H23N3O2S/c1-12(2)16-5-4-10-21(16)18(22)14-6-8-15(9-7-14)24-11-17-19-13(3)20-23-17/h6-9,12,16H,4-5,10-11H2,1-3H3/t16-/m0/s1. The van der Waals surface area contributed by atoms with E-state index in [0.29, 0.717) is 29.4 Å². The van der Waals surface area contributed by atoms with E-state index in [4.69, 9.17) is 4.52 Å². The average Bonchev–Trinajstić information content (AvgIpc) is 3.21. The number of thioether (sulfide) groups is 1. The quantitative estimate of drug-likeness (QED) is 0.769. The maximum absolute atomic E-state index is 12.7. The van der Waals surface area contributed by atoms with E-state index < -0.39 is 0 Å². The molecule has 0 N–H and O–H groups in total. The fourth-order valence-corrected chi connectivity index (χ4v) is 3.88. The van der Waals surface area contributed by atoms with Gasteiger partial charge in [0.15, 0.2) is 5.82 Å². The van der Waals surface area contributed by atoms with Gasteiger partial charge in [-0.3, -0.25) is 4.79 Å². The largest absolute Gasteiger partial charge is 0.338 e. The number of benzene rings is 1. The number of rotatable bonds is 5. The van der Waals surface area contributed by atoms with Crippen molar-refractivity contribution in [3.05, 3.63) is 41.5 Å². The first kappa shape index (κ1) is 17.0. The molecule has 0 aliphatic carbocycles. The number of nitrogens with zero attached hydrogens (tertiary/aromatic N) is 3. The van der Waals surface area contributed by atoms with Gasteiger partial charge in [0.1, 0.15) is 0 Å². The van der Waals surface area contributed by atoms with Crippen molar-refractivity contribution in [2.24, 2.45) is 5.92 Å². The van der Waals surface area contributed by atoms with Gasteiger partial charge in [0.25, 0.3) is 5.91 Å². The van der Waals surface area contributed by atoms with Gasteiger partial charge < -0.3 is 9.42 Å². The number of hydrogen-bond acceptors (Lipinski definition) is 5. The van der Waals surface area contributed by atoms with Crippen molar-refractivity contribution in [1.82, 2.24) is 15.0 Å². The molecule has 0 unspecified atom stereocenters. The minimum absolute atomic E-state index is 0.148. The first-order chi connectivity index (χ1) is 11.5. The fourth-order valence-electron chi connectivity index (χ4n) is 3.14. The first-order valence-electron chi connectivity index (χ1n) is 8.37. The first-order valence-corrected chi connectivity index (χ1v) is 9.36. The molecule has 128 valence electrons. The van der Waals surface area contributed by atoms with Crippen molar-refractivity contribution < 1.29 is 9.32 Å². The normalized spacial score (nSPS) is 17.7. The maximum Gasteiger partial charge on any atom is 0.254 e. The highest BCUT2D eigenvalue weighted by Gasteiger charge is 2.31. The Morgan fingerprint density at radius 2 is 2.12 bits per heavy atom. The molecule has 24 heavy (non-hydrogen) atoms. The number of hydrogen-bond donors (Lipinski definition) is 0. The summed E-state index contributed by atoms with van der Waals surface area (Å²) in [5.41, 5.74) is 0.764. The summed E-state index contributed by atoms with van der Waals surface area (Å²) in [6.45, 7) is 7.06. The van der Waals surface area contributed by atoms with Crippen molar-refractivity contribution >= 4 is 17.7 Å². The lowest BCUT2D eigenvalue weighted by Gasteiger charge is -2.27. The van der Waals surface area contributed by atoms with Gasteiger partial charge in [-0.2, -0.15) is 4.98 Å². The van der Waals surface area contributed by atoms with Gasteiger partial charge in [-0.15, -0.1) is 11.8 Å². The van der Waals surface area contributed by atoms with Crippen LogP contribution < -0.4 is 0 Å². The smallest absolute Gasteiger partial charge is 0.254 e. The van der Waals surface area contributed by atoms with Crippen molar-refractivity contribution in [1.29, 1.82) is 0 Å². The molecule has 1 aliphatic heterocycles. The van der Waals surface area contributed by atoms with Gasteiger partial charge in [-0.25, -0.2) is 0 Å². The fraction of sp³-hybridized carbons (Fsp3) is 0.500. The molecule has 0 spiro atoms. The number of carbonyl (C=O) groups is 1. The van der Waals surface area contributed by atoms with Gasteiger partial charge in [-0.05, 0) is 49.9 Å². The van der Waals surface area contributed by atoms with Gasteiger partial charge in [0.05, 0.1) is 5.75 Å². The maximum atomic E-state index is 12.7. The van der Waals surface area contributed by atoms with E-state index in [0.717, 1.165) is 29.8 Å². The molecule has 2 aromatic rings. The Morgan fingerprint density at radius 1 is 1.38 bits per heavy atom. The summed E-state index contributed by atoms with van der Waals surface area (Å²) in [7, 11) is 0. The second kappa shape index (κ2) is 7.38. The Morgan fingerprint density at radius 3 is 2.75 bits per heavy atom. The van der Waals surface area contributed by atoms with Crippen LogP contribution in [0, 0.1) is 12.8 Å². The third-order valence-corrected chi connectivity index (χ3v) is 5.36. The highest BCUT2D eigenvalue weighted by Crippen LogP contribution is 2.27. The molecule has 1 amide bonds. The van der Waals surface area contributed by atoms with Crippen molar-refractivity contribution in [2.45, 2.75) is 50.3 Å². The minimum Gasteiger partial charge on any atom is -0.338 e. The SMILES string of the molecule is Cc1noc(CSc2ccc(C(=O)N3CCC[C@H]3C(C)C)cc2)n1. The van der Waals surface area contributed by atoms with Crippen LogP contribution in [0.15, 0.2) is 33.7 Å². The Hall–Kier alpha value is -1.82. The lowest BCUT2D eigenvalue weighted by Crippen LogP contribution is -2.38. The van der Waals surface area contributed by atoms with Gasteiger partial charge in [-0.1, -0.05) is 19.0 Å². The number of aryl methyl sites for hydroxylation is 1. The Bertz CT molecular complexity index is 697. The summed E-state index contributed by atoms with van der Waals surface area (Å²) in [4.78, 5) is 20.1. The lowest BCUT2D eigenvalue weighted by molar-refractivity contribution is 0.0701. The summed E-state index contributed by atoms with van der Waals surface area (Å²) >= 11 is 1.62. The summed E-state index contributed by atoms with van der Waals surface area (Å²) in [6, 6.07) is 8.18. The third-order valence-electron chi connectivity index (χ3n) is 4.36. The second-order valence-corrected chi connectivity index (χ2v) is 7.55. The topological polar surface area (TPSA) is 59.2 Å². The van der Waals surface area contributed by atoms with Crippen LogP contribution in [0.2, 0.25) is 0 Å². The van der Waals surface area contributed by atoms with Gasteiger partial charge >= 0.3 is 0 Å². The summed E-state index contributed by atoms with van der Waals surface area (Å²) in [5.74, 6) is 2.56. The molecule has 0 bridgehead atoms. The molecule has 6 heteroatoms. The number of amides is 1. The van der Waals surface area contributed by atoms with Crippen LogP contribution >= 0.6 is 11.8 Å². The molecule has 0 radical (unpaired) electrons. The Kier molecular flexibility index (Phi) is 5.23. The highest BCUT2D eigenvalue weighted by molar-refractivity contribution is 7.98. The van der Waals surface area contributed by atoms with Crippen LogP contribution in [0.3, 0.4) is 0 Å². The average molecular weight is 345 g/mol. The van der Waals surface area contributed by atoms with Crippen molar-refractivity contribution in [3.63, 3.8) is 0 Å². The number of aromatic nitrogens is 2. The van der Waals surface area contributed by atoms with E-state index >= 15 is 0 Å². The molecular formula is C18H23N3O2S. The molecule has 1 saturated heterocycles. The Balaban J connectivity index is 1.62. The molecule has 5 nitrogen and oxygen atoms in total. The van der Waals surface area contributed by atoms with Crippen LogP contribution in [0.1, 0.15) is 48.8 Å². The minimum atomic E-state index is 0.148. The number of likely N-dealkylation sites (tertiary alicyclic amines) is 1. The zero-order valence-corrected chi connectivity index (χ0v) is 15.2. The van der Waals surface area contributed by atoms with Crippen LogP contribution in [-0.4, -0.2) is 33.5 Å². The van der Waals surface area contributed by atoms with Crippen molar-refractivity contribution in [3.8, 4) is 0 Å². The van der Waals surface area contributed by atoms with Crippen LogP contribution in [0.5, 0.6) is 0 Å². The van der Waals surface area contributed by atoms with Gasteiger partial charge in [0, 0.05) is 23.0 Å². The predicted octanol–water partition coefficient (Wildman–Crippen LogP) is 3.93.